The predicted molar refractivity (Wildman–Crippen MR) is 62.0 cm³/mol. The van der Waals surface area contributed by atoms with Gasteiger partial charge in [-0.05, 0) is 13.8 Å². The number of hydrogen-bond acceptors (Lipinski definition) is 5. The topological polar surface area (TPSA) is 64.3 Å². The van der Waals surface area contributed by atoms with Crippen LogP contribution in [0.5, 0.6) is 0 Å². The standard InChI is InChI=1S/C11H18N4O/c1-8-10(7-13-11(12)14-8)9(2)15-3-5-16-6-4-15/h7,9H,3-6H2,1-2H3,(H2,12,13,14). The molecule has 2 heterocycles. The van der Waals surface area contributed by atoms with E-state index in [2.05, 4.69) is 21.8 Å². The third kappa shape index (κ3) is 2.31. The first kappa shape index (κ1) is 11.3. The number of hydrogen-bond donors (Lipinski definition) is 1. The third-order valence-electron chi connectivity index (χ3n) is 3.08. The van der Waals surface area contributed by atoms with E-state index in [4.69, 9.17) is 10.5 Å². The van der Waals surface area contributed by atoms with Crippen molar-refractivity contribution in [3.8, 4) is 0 Å². The van der Waals surface area contributed by atoms with Gasteiger partial charge < -0.3 is 10.5 Å². The first-order valence-electron chi connectivity index (χ1n) is 5.59. The maximum absolute atomic E-state index is 5.55. The van der Waals surface area contributed by atoms with Crippen molar-refractivity contribution in [3.05, 3.63) is 17.5 Å². The molecule has 2 N–H and O–H groups in total. The summed E-state index contributed by atoms with van der Waals surface area (Å²) in [5.41, 5.74) is 7.66. The quantitative estimate of drug-likeness (QED) is 0.800. The van der Waals surface area contributed by atoms with Gasteiger partial charge in [0.25, 0.3) is 0 Å². The molecular formula is C11H18N4O. The van der Waals surface area contributed by atoms with Gasteiger partial charge in [0.1, 0.15) is 0 Å². The van der Waals surface area contributed by atoms with E-state index < -0.39 is 0 Å². The molecular weight excluding hydrogens is 204 g/mol. The van der Waals surface area contributed by atoms with Gasteiger partial charge in [0.05, 0.1) is 13.2 Å². The van der Waals surface area contributed by atoms with Crippen molar-refractivity contribution < 1.29 is 4.74 Å². The second-order valence-corrected chi connectivity index (χ2v) is 4.09. The Hall–Kier alpha value is -1.20. The lowest BCUT2D eigenvalue weighted by atomic mass is 10.1. The molecule has 16 heavy (non-hydrogen) atoms. The monoisotopic (exact) mass is 222 g/mol. The van der Waals surface area contributed by atoms with Gasteiger partial charge in [0, 0.05) is 36.6 Å². The van der Waals surface area contributed by atoms with E-state index in [9.17, 15) is 0 Å². The van der Waals surface area contributed by atoms with Gasteiger partial charge in [-0.1, -0.05) is 0 Å². The van der Waals surface area contributed by atoms with Crippen molar-refractivity contribution in [1.82, 2.24) is 14.9 Å². The molecule has 0 bridgehead atoms. The second kappa shape index (κ2) is 4.76. The van der Waals surface area contributed by atoms with Gasteiger partial charge >= 0.3 is 0 Å². The minimum absolute atomic E-state index is 0.324. The zero-order chi connectivity index (χ0) is 11.5. The Morgan fingerprint density at radius 1 is 1.44 bits per heavy atom. The van der Waals surface area contributed by atoms with Gasteiger partial charge in [-0.25, -0.2) is 9.97 Å². The zero-order valence-corrected chi connectivity index (χ0v) is 9.81. The average Bonchev–Trinajstić information content (AvgIpc) is 2.29. The highest BCUT2D eigenvalue weighted by Crippen LogP contribution is 2.22. The lowest BCUT2D eigenvalue weighted by Crippen LogP contribution is -2.38. The Morgan fingerprint density at radius 2 is 2.12 bits per heavy atom. The minimum atomic E-state index is 0.324. The second-order valence-electron chi connectivity index (χ2n) is 4.09. The summed E-state index contributed by atoms with van der Waals surface area (Å²) in [5.74, 6) is 0.343. The highest BCUT2D eigenvalue weighted by molar-refractivity contribution is 5.26. The Labute approximate surface area is 95.6 Å². The Morgan fingerprint density at radius 3 is 2.75 bits per heavy atom. The van der Waals surface area contributed by atoms with Crippen LogP contribution in [0.15, 0.2) is 6.20 Å². The summed E-state index contributed by atoms with van der Waals surface area (Å²) >= 11 is 0. The van der Waals surface area contributed by atoms with E-state index in [1.165, 1.54) is 0 Å². The number of aryl methyl sites for hydroxylation is 1. The van der Waals surface area contributed by atoms with E-state index in [0.717, 1.165) is 37.6 Å². The normalized spacial score (nSPS) is 19.6. The molecule has 5 nitrogen and oxygen atoms in total. The van der Waals surface area contributed by atoms with E-state index in [1.807, 2.05) is 13.1 Å². The molecule has 0 spiro atoms. The predicted octanol–water partition coefficient (Wildman–Crippen LogP) is 0.760. The highest BCUT2D eigenvalue weighted by Gasteiger charge is 2.20. The van der Waals surface area contributed by atoms with Crippen molar-refractivity contribution in [2.45, 2.75) is 19.9 Å². The van der Waals surface area contributed by atoms with Crippen LogP contribution in [0.3, 0.4) is 0 Å². The molecule has 1 aromatic rings. The fourth-order valence-electron chi connectivity index (χ4n) is 2.07. The summed E-state index contributed by atoms with van der Waals surface area (Å²) in [6, 6.07) is 0.324. The summed E-state index contributed by atoms with van der Waals surface area (Å²) in [6.45, 7) is 7.69. The molecule has 2 rings (SSSR count). The van der Waals surface area contributed by atoms with Crippen molar-refractivity contribution in [2.75, 3.05) is 32.0 Å². The van der Waals surface area contributed by atoms with Crippen LogP contribution in [0.2, 0.25) is 0 Å². The Balaban J connectivity index is 2.15. The van der Waals surface area contributed by atoms with Crippen molar-refractivity contribution in [2.24, 2.45) is 0 Å². The lowest BCUT2D eigenvalue weighted by molar-refractivity contribution is 0.0196. The largest absolute Gasteiger partial charge is 0.379 e. The van der Waals surface area contributed by atoms with Crippen LogP contribution in [0, 0.1) is 6.92 Å². The summed E-state index contributed by atoms with van der Waals surface area (Å²) < 4.78 is 5.34. The van der Waals surface area contributed by atoms with Crippen molar-refractivity contribution in [1.29, 1.82) is 0 Å². The van der Waals surface area contributed by atoms with Crippen LogP contribution in [-0.2, 0) is 4.74 Å². The fraction of sp³-hybridized carbons (Fsp3) is 0.636. The molecule has 0 radical (unpaired) electrons. The molecule has 5 heteroatoms. The third-order valence-corrected chi connectivity index (χ3v) is 3.08. The molecule has 0 amide bonds. The van der Waals surface area contributed by atoms with Crippen LogP contribution in [0.1, 0.15) is 24.2 Å². The first-order valence-corrected chi connectivity index (χ1v) is 5.59. The maximum Gasteiger partial charge on any atom is 0.220 e. The van der Waals surface area contributed by atoms with Gasteiger partial charge in [0.15, 0.2) is 0 Å². The molecule has 1 fully saturated rings. The van der Waals surface area contributed by atoms with Crippen LogP contribution < -0.4 is 5.73 Å². The van der Waals surface area contributed by atoms with Crippen molar-refractivity contribution in [3.63, 3.8) is 0 Å². The number of morpholine rings is 1. The van der Waals surface area contributed by atoms with Gasteiger partial charge in [-0.3, -0.25) is 4.90 Å². The molecule has 1 atom stereocenters. The average molecular weight is 222 g/mol. The molecule has 1 aromatic heterocycles. The van der Waals surface area contributed by atoms with Crippen LogP contribution in [-0.4, -0.2) is 41.2 Å². The van der Waals surface area contributed by atoms with Crippen LogP contribution >= 0.6 is 0 Å². The molecule has 1 saturated heterocycles. The molecule has 0 aliphatic carbocycles. The Kier molecular flexibility index (Phi) is 3.36. The fourth-order valence-corrected chi connectivity index (χ4v) is 2.07. The van der Waals surface area contributed by atoms with Gasteiger partial charge in [-0.2, -0.15) is 0 Å². The van der Waals surface area contributed by atoms with Crippen LogP contribution in [0.4, 0.5) is 5.95 Å². The molecule has 1 aliphatic heterocycles. The number of ether oxygens (including phenoxy) is 1. The lowest BCUT2D eigenvalue weighted by Gasteiger charge is -2.32. The summed E-state index contributed by atoms with van der Waals surface area (Å²) in [6.07, 6.45) is 1.83. The molecule has 88 valence electrons. The number of nitrogens with zero attached hydrogens (tertiary/aromatic N) is 3. The molecule has 1 unspecified atom stereocenters. The van der Waals surface area contributed by atoms with Gasteiger partial charge in [-0.15, -0.1) is 0 Å². The van der Waals surface area contributed by atoms with Crippen LogP contribution in [0.25, 0.3) is 0 Å². The van der Waals surface area contributed by atoms with E-state index >= 15 is 0 Å². The highest BCUT2D eigenvalue weighted by atomic mass is 16.5. The van der Waals surface area contributed by atoms with E-state index in [0.29, 0.717) is 12.0 Å². The smallest absolute Gasteiger partial charge is 0.220 e. The summed E-state index contributed by atoms with van der Waals surface area (Å²) in [7, 11) is 0. The van der Waals surface area contributed by atoms with Crippen molar-refractivity contribution >= 4 is 5.95 Å². The maximum atomic E-state index is 5.55. The number of nitrogen functional groups attached to an aromatic ring is 1. The van der Waals surface area contributed by atoms with Gasteiger partial charge in [0.2, 0.25) is 5.95 Å². The number of nitrogens with two attached hydrogens (primary N) is 1. The number of aromatic nitrogens is 2. The van der Waals surface area contributed by atoms with E-state index in [-0.39, 0.29) is 0 Å². The summed E-state index contributed by atoms with van der Waals surface area (Å²) in [4.78, 5) is 10.6. The molecule has 0 aromatic carbocycles. The summed E-state index contributed by atoms with van der Waals surface area (Å²) in [5, 5.41) is 0. The number of anilines is 1. The van der Waals surface area contributed by atoms with E-state index in [1.54, 1.807) is 0 Å². The Bertz CT molecular complexity index is 363. The molecule has 0 saturated carbocycles. The first-order chi connectivity index (χ1) is 7.68. The molecule has 1 aliphatic rings. The number of rotatable bonds is 2. The minimum Gasteiger partial charge on any atom is -0.379 e. The zero-order valence-electron chi connectivity index (χ0n) is 9.81. The SMILES string of the molecule is Cc1nc(N)ncc1C(C)N1CCOCC1.